The summed E-state index contributed by atoms with van der Waals surface area (Å²) in [5.74, 6) is -2.88. The molecule has 406 valence electrons. The molecular weight excluding hydrogens is 1050 g/mol. The van der Waals surface area contributed by atoms with Crippen LogP contribution in [0.15, 0.2) is 132 Å². The molecule has 20 nitrogen and oxygen atoms in total. The maximum atomic E-state index is 13.2. The molecule has 0 fully saturated rings. The number of hydrogen-bond acceptors (Lipinski definition) is 17. The fraction of sp³-hybridized carbons (Fsp3) is 0.193. The summed E-state index contributed by atoms with van der Waals surface area (Å²) in [6, 6.07) is 33.9. The molecule has 8 aromatic rings. The van der Waals surface area contributed by atoms with E-state index in [-0.39, 0.29) is 41.6 Å². The summed E-state index contributed by atoms with van der Waals surface area (Å²) < 4.78 is 4.82. The Hall–Kier alpha value is -9.54. The zero-order chi connectivity index (χ0) is 56.6. The Bertz CT molecular complexity index is 3400. The summed E-state index contributed by atoms with van der Waals surface area (Å²) in [5.41, 5.74) is 7.87. The van der Waals surface area contributed by atoms with E-state index in [2.05, 4.69) is 51.8 Å². The van der Waals surface area contributed by atoms with Crippen molar-refractivity contribution in [1.82, 2.24) is 41.2 Å². The van der Waals surface area contributed by atoms with Crippen molar-refractivity contribution in [2.75, 3.05) is 30.8 Å². The number of phenolic OH excluding ortho intramolecular Hbond substituents is 2. The lowest BCUT2D eigenvalue weighted by atomic mass is 9.99. The lowest BCUT2D eigenvalue weighted by Crippen LogP contribution is -2.49. The van der Waals surface area contributed by atoms with Crippen LogP contribution >= 0.6 is 22.7 Å². The minimum atomic E-state index is -1.34. The molecule has 0 aliphatic heterocycles. The minimum Gasteiger partial charge on any atom is -0.508 e. The SMILES string of the molecule is COC(=O)[C@H](CNC(=O)c1cccs1)NC(=O)c1c(C)nc(NCc2ccccc2-c2ccc(O)cc2)nc1C.Cc1nc(NCc2ccccc2-c2ccc(O)cc2)nc(C)c1C(=O)N[C@@H](CNC(=O)c1cccs1)C(=O)O. The standard InChI is InChI=1S/C29H29N5O5S.C28H27N5O5S/c1-17-25(27(37)34-23(28(38)39-3)16-30-26(36)24-9-6-14-40-24)18(2)33-29(32-17)31-15-20-7-4-5-8-22(20)19-10-12-21(35)13-11-19;1-16-24(26(36)33-22(27(37)38)15-29-25(35)23-8-5-13-39-23)17(2)32-28(31-16)30-14-19-6-3-4-7-21(19)18-9-11-20(34)12-10-18/h4-14,23,35H,15-16H2,1-3H3,(H,30,36)(H,34,37)(H,31,32,33);3-13,22,34H,14-15H2,1-2H3,(H,29,35)(H,33,36)(H,37,38)(H,30,31,32)/t23-;22-/m00/s1. The van der Waals surface area contributed by atoms with Crippen LogP contribution in [-0.4, -0.2) is 103 Å². The summed E-state index contributed by atoms with van der Waals surface area (Å²) in [6.45, 7) is 7.07. The normalized spacial score (nSPS) is 11.4. The molecule has 0 aliphatic rings. The van der Waals surface area contributed by atoms with E-state index in [1.807, 2.05) is 72.8 Å². The van der Waals surface area contributed by atoms with Gasteiger partial charge in [0, 0.05) is 26.2 Å². The van der Waals surface area contributed by atoms with Crippen LogP contribution in [0, 0.1) is 27.7 Å². The molecule has 4 heterocycles. The minimum absolute atomic E-state index is 0.145. The van der Waals surface area contributed by atoms with Gasteiger partial charge in [0.25, 0.3) is 23.6 Å². The van der Waals surface area contributed by atoms with Crippen molar-refractivity contribution in [1.29, 1.82) is 0 Å². The highest BCUT2D eigenvalue weighted by Gasteiger charge is 2.27. The number of esters is 1. The van der Waals surface area contributed by atoms with E-state index in [1.165, 1.54) is 29.8 Å². The monoisotopic (exact) mass is 1100 g/mol. The van der Waals surface area contributed by atoms with E-state index in [0.29, 0.717) is 57.5 Å². The second-order valence-electron chi connectivity index (χ2n) is 17.6. The number of aryl methyl sites for hydroxylation is 4. The lowest BCUT2D eigenvalue weighted by Gasteiger charge is -2.18. The zero-order valence-corrected chi connectivity index (χ0v) is 45.1. The molecule has 79 heavy (non-hydrogen) atoms. The zero-order valence-electron chi connectivity index (χ0n) is 43.5. The maximum Gasteiger partial charge on any atom is 0.330 e. The molecule has 0 bridgehead atoms. The fourth-order valence-corrected chi connectivity index (χ4v) is 9.45. The van der Waals surface area contributed by atoms with Crippen LogP contribution in [0.4, 0.5) is 11.9 Å². The predicted octanol–water partition coefficient (Wildman–Crippen LogP) is 7.59. The van der Waals surface area contributed by atoms with Crippen molar-refractivity contribution in [3.05, 3.63) is 187 Å². The number of nitrogens with one attached hydrogen (secondary N) is 6. The number of thiophene rings is 2. The fourth-order valence-electron chi connectivity index (χ4n) is 8.17. The van der Waals surface area contributed by atoms with Crippen molar-refractivity contribution < 1.29 is 48.8 Å². The van der Waals surface area contributed by atoms with E-state index in [1.54, 1.807) is 87.0 Å². The molecule has 8 rings (SSSR count). The number of carboxylic acid groups (broad SMARTS) is 1. The van der Waals surface area contributed by atoms with Crippen LogP contribution < -0.4 is 31.9 Å². The van der Waals surface area contributed by atoms with Gasteiger partial charge in [0.15, 0.2) is 0 Å². The van der Waals surface area contributed by atoms with Gasteiger partial charge in [-0.1, -0.05) is 84.9 Å². The van der Waals surface area contributed by atoms with Gasteiger partial charge in [-0.15, -0.1) is 22.7 Å². The molecule has 4 aromatic heterocycles. The van der Waals surface area contributed by atoms with E-state index in [0.717, 1.165) is 33.4 Å². The van der Waals surface area contributed by atoms with E-state index >= 15 is 0 Å². The van der Waals surface area contributed by atoms with Gasteiger partial charge in [0.05, 0.1) is 50.8 Å². The second-order valence-corrected chi connectivity index (χ2v) is 19.5. The number of carbonyl (C=O) groups excluding carboxylic acids is 5. The number of benzene rings is 4. The molecule has 22 heteroatoms. The van der Waals surface area contributed by atoms with Crippen molar-refractivity contribution in [2.24, 2.45) is 0 Å². The first-order chi connectivity index (χ1) is 38.0. The van der Waals surface area contributed by atoms with E-state index < -0.39 is 41.7 Å². The van der Waals surface area contributed by atoms with E-state index in [9.17, 15) is 44.1 Å². The average Bonchev–Trinajstić information content (AvgIpc) is 4.22. The van der Waals surface area contributed by atoms with Crippen LogP contribution in [-0.2, 0) is 27.4 Å². The number of methoxy groups -OCH3 is 1. The number of hydrogen-bond donors (Lipinski definition) is 9. The maximum absolute atomic E-state index is 13.2. The second kappa shape index (κ2) is 27.0. The topological polar surface area (TPSA) is 296 Å². The first-order valence-electron chi connectivity index (χ1n) is 24.5. The smallest absolute Gasteiger partial charge is 0.330 e. The Morgan fingerprint density at radius 2 is 0.886 bits per heavy atom. The number of aromatic nitrogens is 4. The predicted molar refractivity (Wildman–Crippen MR) is 300 cm³/mol. The average molecular weight is 1110 g/mol. The van der Waals surface area contributed by atoms with Crippen molar-refractivity contribution in [3.63, 3.8) is 0 Å². The van der Waals surface area contributed by atoms with Crippen LogP contribution in [0.1, 0.15) is 74.0 Å². The van der Waals surface area contributed by atoms with Gasteiger partial charge in [-0.25, -0.2) is 29.5 Å². The van der Waals surface area contributed by atoms with Crippen LogP contribution in [0.5, 0.6) is 11.5 Å². The molecule has 0 spiro atoms. The first-order valence-corrected chi connectivity index (χ1v) is 26.2. The van der Waals surface area contributed by atoms with Crippen molar-refractivity contribution in [2.45, 2.75) is 52.9 Å². The first kappa shape index (κ1) is 57.2. The molecule has 0 saturated carbocycles. The van der Waals surface area contributed by atoms with Crippen molar-refractivity contribution in [3.8, 4) is 33.8 Å². The largest absolute Gasteiger partial charge is 0.508 e. The number of carboxylic acids is 1. The quantitative estimate of drug-likeness (QED) is 0.0332. The molecule has 0 unspecified atom stereocenters. The van der Waals surface area contributed by atoms with Crippen molar-refractivity contribution >= 4 is 70.1 Å². The Balaban J connectivity index is 0.000000229. The third kappa shape index (κ3) is 15.3. The Morgan fingerprint density at radius 1 is 0.506 bits per heavy atom. The van der Waals surface area contributed by atoms with Gasteiger partial charge in [-0.3, -0.25) is 19.2 Å². The summed E-state index contributed by atoms with van der Waals surface area (Å²) >= 11 is 2.50. The van der Waals surface area contributed by atoms with Gasteiger partial charge in [-0.2, -0.15) is 0 Å². The number of nitrogens with zero attached hydrogens (tertiary/aromatic N) is 4. The highest BCUT2D eigenvalue weighted by molar-refractivity contribution is 7.12. The number of phenols is 2. The molecule has 0 radical (unpaired) electrons. The third-order valence-corrected chi connectivity index (χ3v) is 13.8. The Morgan fingerprint density at radius 3 is 1.25 bits per heavy atom. The summed E-state index contributed by atoms with van der Waals surface area (Å²) in [5, 5.41) is 49.0. The van der Waals surface area contributed by atoms with Gasteiger partial charge in [0.2, 0.25) is 11.9 Å². The number of carbonyl (C=O) groups is 6. The Kier molecular flexibility index (Phi) is 19.5. The summed E-state index contributed by atoms with van der Waals surface area (Å²) in [7, 11) is 1.21. The van der Waals surface area contributed by atoms with Gasteiger partial charge < -0.3 is 52.0 Å². The van der Waals surface area contributed by atoms with E-state index in [4.69, 9.17) is 4.74 Å². The lowest BCUT2D eigenvalue weighted by molar-refractivity contribution is -0.142. The van der Waals surface area contributed by atoms with Crippen LogP contribution in [0.3, 0.4) is 0 Å². The van der Waals surface area contributed by atoms with Crippen LogP contribution in [0.25, 0.3) is 22.3 Å². The van der Waals surface area contributed by atoms with Crippen LogP contribution in [0.2, 0.25) is 0 Å². The number of ether oxygens (including phenoxy) is 1. The number of rotatable bonds is 20. The van der Waals surface area contributed by atoms with Gasteiger partial charge in [0.1, 0.15) is 23.6 Å². The number of anilines is 2. The number of aliphatic carboxylic acids is 1. The Labute approximate surface area is 462 Å². The highest BCUT2D eigenvalue weighted by atomic mass is 32.1. The number of amides is 4. The third-order valence-electron chi connectivity index (χ3n) is 12.1. The highest BCUT2D eigenvalue weighted by Crippen LogP contribution is 2.28. The molecular formula is C57H56N10O10S2. The molecule has 4 aromatic carbocycles. The van der Waals surface area contributed by atoms with Gasteiger partial charge in [-0.05, 0) is 108 Å². The molecule has 4 amide bonds. The molecule has 9 N–H and O–H groups in total. The number of aromatic hydroxyl groups is 2. The summed E-state index contributed by atoms with van der Waals surface area (Å²) in [4.78, 5) is 93.4. The van der Waals surface area contributed by atoms with Gasteiger partial charge >= 0.3 is 11.9 Å². The summed E-state index contributed by atoms with van der Waals surface area (Å²) in [6.07, 6.45) is 0. The molecule has 0 saturated heterocycles. The molecule has 2 atom stereocenters. The molecule has 0 aliphatic carbocycles.